The molecule has 0 saturated carbocycles. The molecule has 3 nitrogen and oxygen atoms in total. The molecule has 80 valence electrons. The first-order valence-corrected chi connectivity index (χ1v) is 6.02. The third-order valence-electron chi connectivity index (χ3n) is 1.53. The monoisotopic (exact) mass is 238 g/mol. The second-order valence-electron chi connectivity index (χ2n) is 3.33. The Morgan fingerprint density at radius 2 is 1.73 bits per heavy atom. The molecule has 1 aromatic rings. The molecule has 0 unspecified atom stereocenters. The van der Waals surface area contributed by atoms with E-state index in [1.807, 2.05) is 6.07 Å². The fourth-order valence-corrected chi connectivity index (χ4v) is 2.36. The van der Waals surface area contributed by atoms with E-state index in [1.165, 1.54) is 0 Å². The van der Waals surface area contributed by atoms with Gasteiger partial charge in [-0.05, 0) is 19.4 Å². The van der Waals surface area contributed by atoms with Crippen molar-refractivity contribution < 1.29 is 12.6 Å². The molecule has 1 aromatic carbocycles. The Bertz CT molecular complexity index is 373. The summed E-state index contributed by atoms with van der Waals surface area (Å²) in [5.74, 6) is -0.0635. The van der Waals surface area contributed by atoms with Crippen molar-refractivity contribution in [2.45, 2.75) is 25.7 Å². The molecule has 0 aliphatic rings. The molecule has 0 aromatic heterocycles. The number of hydrogen-bond acceptors (Lipinski definition) is 3. The van der Waals surface area contributed by atoms with Gasteiger partial charge in [-0.2, -0.15) is 8.42 Å². The zero-order chi connectivity index (χ0) is 10.6. The molecule has 0 amide bonds. The van der Waals surface area contributed by atoms with Crippen LogP contribution in [0.2, 0.25) is 0 Å². The van der Waals surface area contributed by atoms with Crippen molar-refractivity contribution in [2.75, 3.05) is 0 Å². The fraction of sp³-hybridized carbons (Fsp3) is 0.400. The molecule has 0 heterocycles. The molecule has 0 N–H and O–H groups in total. The average Bonchev–Trinajstić information content (AvgIpc) is 2.02. The average molecular weight is 238 g/mol. The van der Waals surface area contributed by atoms with Gasteiger partial charge < -0.3 is 0 Å². The van der Waals surface area contributed by atoms with E-state index in [1.54, 1.807) is 38.1 Å². The van der Waals surface area contributed by atoms with Gasteiger partial charge in [0.2, 0.25) is 0 Å². The second-order valence-corrected chi connectivity index (χ2v) is 4.93. The van der Waals surface area contributed by atoms with Crippen LogP contribution in [0.1, 0.15) is 19.4 Å². The van der Waals surface area contributed by atoms with Gasteiger partial charge in [-0.3, -0.25) is 4.18 Å². The summed E-state index contributed by atoms with van der Waals surface area (Å²) in [5.41, 5.74) is 0.744. The van der Waals surface area contributed by atoms with Crippen LogP contribution in [0.3, 0.4) is 0 Å². The van der Waals surface area contributed by atoms with Crippen molar-refractivity contribution in [1.82, 2.24) is 0 Å². The number of rotatable bonds is 4. The molecule has 0 radical (unpaired) electrons. The van der Waals surface area contributed by atoms with Crippen LogP contribution < -0.4 is 0 Å². The van der Waals surface area contributed by atoms with Gasteiger partial charge in [0.25, 0.3) is 10.1 Å². The Morgan fingerprint density at radius 3 is 2.20 bits per heavy atom. The molecule has 0 spiro atoms. The molecule has 0 aliphatic carbocycles. The molecule has 0 fully saturated rings. The summed E-state index contributed by atoms with van der Waals surface area (Å²) in [7, 11) is -3.43. The van der Waals surface area contributed by atoms with Crippen molar-refractivity contribution in [1.29, 1.82) is 0 Å². The summed E-state index contributed by atoms with van der Waals surface area (Å²) >= 11 is 0. The Kier molecular flexibility index (Phi) is 6.71. The predicted octanol–water partition coefficient (Wildman–Crippen LogP) is 1.29. The molecule has 0 saturated heterocycles. The summed E-state index contributed by atoms with van der Waals surface area (Å²) in [6.45, 7) is 3.39. The van der Waals surface area contributed by atoms with E-state index >= 15 is 0 Å². The summed E-state index contributed by atoms with van der Waals surface area (Å²) in [5, 5.41) is 0. The van der Waals surface area contributed by atoms with Crippen LogP contribution in [0, 0.1) is 0 Å². The molecule has 1 rings (SSSR count). The van der Waals surface area contributed by atoms with Gasteiger partial charge in [0.1, 0.15) is 5.75 Å². The molecular formula is C10H15NaO3S. The summed E-state index contributed by atoms with van der Waals surface area (Å²) < 4.78 is 27.6. The van der Waals surface area contributed by atoms with E-state index in [2.05, 4.69) is 0 Å². The number of hydrogen-bond donors (Lipinski definition) is 0. The SMILES string of the molecule is CC(C)OS(=O)(=O)Cc1ccccc1.[NaH]. The standard InChI is InChI=1S/C10H14O3S.Na.H/c1-9(2)13-14(11,12)8-10-6-4-3-5-7-10;;/h3-7,9H,8H2,1-2H3;;. The fourth-order valence-electron chi connectivity index (χ4n) is 1.11. The van der Waals surface area contributed by atoms with E-state index in [9.17, 15) is 8.42 Å². The van der Waals surface area contributed by atoms with Crippen molar-refractivity contribution >= 4 is 39.7 Å². The summed E-state index contributed by atoms with van der Waals surface area (Å²) in [6, 6.07) is 8.99. The van der Waals surface area contributed by atoms with Gasteiger partial charge in [0.05, 0.1) is 6.10 Å². The third-order valence-corrected chi connectivity index (χ3v) is 2.89. The molecule has 0 bridgehead atoms. The van der Waals surface area contributed by atoms with Gasteiger partial charge in [0.15, 0.2) is 0 Å². The van der Waals surface area contributed by atoms with Crippen LogP contribution in [0.25, 0.3) is 0 Å². The van der Waals surface area contributed by atoms with E-state index in [4.69, 9.17) is 4.18 Å². The quantitative estimate of drug-likeness (QED) is 0.586. The number of benzene rings is 1. The normalized spacial score (nSPS) is 11.1. The maximum atomic E-state index is 11.4. The third kappa shape index (κ3) is 6.33. The van der Waals surface area contributed by atoms with Crippen molar-refractivity contribution in [3.05, 3.63) is 35.9 Å². The van der Waals surface area contributed by atoms with Crippen molar-refractivity contribution in [2.24, 2.45) is 0 Å². The zero-order valence-corrected chi connectivity index (χ0v) is 9.12. The first kappa shape index (κ1) is 15.1. The molecule has 5 heteroatoms. The second kappa shape index (κ2) is 6.66. The molecular weight excluding hydrogens is 223 g/mol. The van der Waals surface area contributed by atoms with Crippen LogP contribution in [-0.2, 0) is 20.1 Å². The van der Waals surface area contributed by atoms with E-state index in [0.717, 1.165) is 5.56 Å². The van der Waals surface area contributed by atoms with Crippen LogP contribution >= 0.6 is 0 Å². The van der Waals surface area contributed by atoms with Gasteiger partial charge >= 0.3 is 29.6 Å². The Labute approximate surface area is 113 Å². The first-order valence-electron chi connectivity index (χ1n) is 4.44. The van der Waals surface area contributed by atoms with Crippen LogP contribution in [0.15, 0.2) is 30.3 Å². The van der Waals surface area contributed by atoms with Crippen LogP contribution in [-0.4, -0.2) is 44.1 Å². The van der Waals surface area contributed by atoms with Crippen LogP contribution in [0.4, 0.5) is 0 Å². The van der Waals surface area contributed by atoms with Crippen molar-refractivity contribution in [3.8, 4) is 0 Å². The Morgan fingerprint density at radius 1 is 1.20 bits per heavy atom. The minimum atomic E-state index is -3.43. The van der Waals surface area contributed by atoms with Crippen molar-refractivity contribution in [3.63, 3.8) is 0 Å². The zero-order valence-electron chi connectivity index (χ0n) is 8.30. The van der Waals surface area contributed by atoms with E-state index in [0.29, 0.717) is 0 Å². The molecule has 0 atom stereocenters. The topological polar surface area (TPSA) is 43.4 Å². The van der Waals surface area contributed by atoms with Gasteiger partial charge in [-0.25, -0.2) is 0 Å². The maximum absolute atomic E-state index is 11.4. The Balaban J connectivity index is 0.00000196. The van der Waals surface area contributed by atoms with Gasteiger partial charge in [-0.15, -0.1) is 0 Å². The van der Waals surface area contributed by atoms with E-state index in [-0.39, 0.29) is 41.4 Å². The van der Waals surface area contributed by atoms with Crippen LogP contribution in [0.5, 0.6) is 0 Å². The van der Waals surface area contributed by atoms with E-state index < -0.39 is 10.1 Å². The van der Waals surface area contributed by atoms with Gasteiger partial charge in [0, 0.05) is 0 Å². The minimum absolute atomic E-state index is 0. The molecule has 15 heavy (non-hydrogen) atoms. The summed E-state index contributed by atoms with van der Waals surface area (Å²) in [6.07, 6.45) is -0.302. The Hall–Kier alpha value is 0.130. The summed E-state index contributed by atoms with van der Waals surface area (Å²) in [4.78, 5) is 0. The van der Waals surface area contributed by atoms with Gasteiger partial charge in [-0.1, -0.05) is 30.3 Å². The first-order chi connectivity index (χ1) is 6.49. The predicted molar refractivity (Wildman–Crippen MR) is 62.4 cm³/mol. The molecule has 0 aliphatic heterocycles.